The molecule has 7 heteroatoms. The van der Waals surface area contributed by atoms with Crippen molar-refractivity contribution in [3.63, 3.8) is 0 Å². The summed E-state index contributed by atoms with van der Waals surface area (Å²) in [5.74, 6) is 0. The molecule has 0 aromatic carbocycles. The Morgan fingerprint density at radius 2 is 2.40 bits per heavy atom. The van der Waals surface area contributed by atoms with Crippen LogP contribution in [0.1, 0.15) is 13.3 Å². The molecule has 1 fully saturated rings. The van der Waals surface area contributed by atoms with E-state index in [0.29, 0.717) is 16.9 Å². The lowest BCUT2D eigenvalue weighted by atomic mass is 10.00. The molecule has 1 aliphatic rings. The second-order valence-electron chi connectivity index (χ2n) is 3.96. The minimum absolute atomic E-state index is 0.00125. The van der Waals surface area contributed by atoms with Gasteiger partial charge >= 0.3 is 0 Å². The van der Waals surface area contributed by atoms with Crippen LogP contribution >= 0.6 is 27.3 Å². The zero-order valence-corrected chi connectivity index (χ0v) is 10.6. The molecule has 0 radical (unpaired) electrons. The minimum atomic E-state index is -0.432. The maximum atomic E-state index is 9.63. The number of aromatic nitrogens is 2. The van der Waals surface area contributed by atoms with Crippen molar-refractivity contribution in [1.82, 2.24) is 10.2 Å². The van der Waals surface area contributed by atoms with Gasteiger partial charge in [0.05, 0.1) is 18.2 Å². The average molecular weight is 294 g/mol. The van der Waals surface area contributed by atoms with Gasteiger partial charge in [0.25, 0.3) is 0 Å². The summed E-state index contributed by atoms with van der Waals surface area (Å²) in [6, 6.07) is 0. The molecule has 2 heterocycles. The third kappa shape index (κ3) is 2.01. The fourth-order valence-corrected chi connectivity index (χ4v) is 3.11. The highest BCUT2D eigenvalue weighted by Crippen LogP contribution is 2.36. The Morgan fingerprint density at radius 3 is 2.93 bits per heavy atom. The fourth-order valence-electron chi connectivity index (χ4n) is 1.88. The van der Waals surface area contributed by atoms with Crippen LogP contribution in [0.4, 0.5) is 5.13 Å². The molecular weight excluding hydrogens is 282 g/mol. The summed E-state index contributed by atoms with van der Waals surface area (Å²) >= 11 is 4.65. The molecule has 0 amide bonds. The van der Waals surface area contributed by atoms with E-state index in [9.17, 15) is 10.2 Å². The van der Waals surface area contributed by atoms with Crippen LogP contribution in [-0.2, 0) is 0 Å². The van der Waals surface area contributed by atoms with Gasteiger partial charge in [0, 0.05) is 13.0 Å². The van der Waals surface area contributed by atoms with Crippen molar-refractivity contribution in [2.45, 2.75) is 25.0 Å². The zero-order chi connectivity index (χ0) is 11.1. The van der Waals surface area contributed by atoms with Gasteiger partial charge in [-0.05, 0) is 22.9 Å². The molecule has 0 aliphatic carbocycles. The number of aliphatic hydroxyl groups is 2. The number of halogens is 1. The van der Waals surface area contributed by atoms with E-state index >= 15 is 0 Å². The zero-order valence-electron chi connectivity index (χ0n) is 8.22. The van der Waals surface area contributed by atoms with E-state index in [1.807, 2.05) is 11.8 Å². The van der Waals surface area contributed by atoms with Crippen LogP contribution in [0.5, 0.6) is 0 Å². The summed E-state index contributed by atoms with van der Waals surface area (Å²) < 4.78 is 0.708. The molecule has 2 N–H and O–H groups in total. The summed E-state index contributed by atoms with van der Waals surface area (Å²) in [5.41, 5.74) is -0.432. The maximum Gasteiger partial charge on any atom is 0.209 e. The Kier molecular flexibility index (Phi) is 2.98. The second kappa shape index (κ2) is 3.97. The Morgan fingerprint density at radius 1 is 1.67 bits per heavy atom. The predicted octanol–water partition coefficient (Wildman–Crippen LogP) is 0.623. The topological polar surface area (TPSA) is 69.5 Å². The largest absolute Gasteiger partial charge is 0.394 e. The van der Waals surface area contributed by atoms with Gasteiger partial charge in [-0.3, -0.25) is 0 Å². The van der Waals surface area contributed by atoms with Gasteiger partial charge in [0.1, 0.15) is 0 Å². The van der Waals surface area contributed by atoms with Gasteiger partial charge in [-0.1, -0.05) is 11.3 Å². The lowest BCUT2D eigenvalue weighted by molar-refractivity contribution is 0.160. The van der Waals surface area contributed by atoms with E-state index in [1.165, 1.54) is 11.3 Å². The second-order valence-corrected chi connectivity index (χ2v) is 6.19. The molecule has 0 saturated carbocycles. The first-order valence-corrected chi connectivity index (χ1v) is 6.22. The Labute approximate surface area is 99.9 Å². The average Bonchev–Trinajstić information content (AvgIpc) is 2.71. The molecule has 2 rings (SSSR count). The van der Waals surface area contributed by atoms with Crippen molar-refractivity contribution in [1.29, 1.82) is 0 Å². The van der Waals surface area contributed by atoms with Gasteiger partial charge in [-0.15, -0.1) is 10.2 Å². The van der Waals surface area contributed by atoms with Crippen molar-refractivity contribution in [3.05, 3.63) is 3.92 Å². The van der Waals surface area contributed by atoms with Gasteiger partial charge in [-0.25, -0.2) is 0 Å². The van der Waals surface area contributed by atoms with Crippen molar-refractivity contribution in [2.75, 3.05) is 18.1 Å². The van der Waals surface area contributed by atoms with E-state index in [1.54, 1.807) is 0 Å². The van der Waals surface area contributed by atoms with Gasteiger partial charge < -0.3 is 15.1 Å². The summed E-state index contributed by atoms with van der Waals surface area (Å²) in [7, 11) is 0. The first-order chi connectivity index (χ1) is 7.05. The molecular formula is C8H12BrN3O2S. The lowest BCUT2D eigenvalue weighted by Gasteiger charge is -2.32. The highest BCUT2D eigenvalue weighted by molar-refractivity contribution is 9.11. The van der Waals surface area contributed by atoms with Crippen LogP contribution in [0, 0.1) is 0 Å². The summed E-state index contributed by atoms with van der Waals surface area (Å²) in [6.45, 7) is 2.42. The molecule has 1 aromatic rings. The monoisotopic (exact) mass is 293 g/mol. The Hall–Kier alpha value is -0.240. The molecule has 1 aromatic heterocycles. The number of β-amino-alcohol motifs (C(OH)–C–C–N with tert-alkyl or cyclic N) is 1. The van der Waals surface area contributed by atoms with E-state index in [0.717, 1.165) is 5.13 Å². The number of aliphatic hydroxyl groups excluding tert-OH is 2. The highest BCUT2D eigenvalue weighted by Gasteiger charge is 2.42. The van der Waals surface area contributed by atoms with Crippen molar-refractivity contribution >= 4 is 32.4 Å². The molecule has 2 unspecified atom stereocenters. The molecule has 0 bridgehead atoms. The van der Waals surface area contributed by atoms with Crippen LogP contribution in [0.3, 0.4) is 0 Å². The molecule has 2 atom stereocenters. The lowest BCUT2D eigenvalue weighted by Crippen LogP contribution is -2.44. The summed E-state index contributed by atoms with van der Waals surface area (Å²) in [5, 5.41) is 27.6. The molecule has 84 valence electrons. The van der Waals surface area contributed by atoms with Crippen LogP contribution in [0.2, 0.25) is 0 Å². The number of hydrogen-bond acceptors (Lipinski definition) is 6. The Bertz CT molecular complexity index is 361. The molecule has 1 saturated heterocycles. The summed E-state index contributed by atoms with van der Waals surface area (Å²) in [6.07, 6.45) is 0.144. The quantitative estimate of drug-likeness (QED) is 0.837. The number of nitrogens with zero attached hydrogens (tertiary/aromatic N) is 3. The molecule has 15 heavy (non-hydrogen) atoms. The van der Waals surface area contributed by atoms with Crippen LogP contribution in [0.25, 0.3) is 0 Å². The fraction of sp³-hybridized carbons (Fsp3) is 0.750. The summed E-state index contributed by atoms with van der Waals surface area (Å²) in [4.78, 5) is 1.92. The number of rotatable bonds is 2. The van der Waals surface area contributed by atoms with Gasteiger partial charge in [0.15, 0.2) is 3.92 Å². The normalized spacial score (nSPS) is 31.2. The van der Waals surface area contributed by atoms with E-state index < -0.39 is 11.6 Å². The smallest absolute Gasteiger partial charge is 0.209 e. The molecule has 1 aliphatic heterocycles. The van der Waals surface area contributed by atoms with E-state index in [-0.39, 0.29) is 6.61 Å². The van der Waals surface area contributed by atoms with Gasteiger partial charge in [0.2, 0.25) is 5.13 Å². The highest BCUT2D eigenvalue weighted by atomic mass is 79.9. The number of hydrogen-bond donors (Lipinski definition) is 2. The van der Waals surface area contributed by atoms with E-state index in [4.69, 9.17) is 0 Å². The minimum Gasteiger partial charge on any atom is -0.394 e. The number of anilines is 1. The third-order valence-corrected chi connectivity index (χ3v) is 4.06. The third-order valence-electron chi connectivity index (χ3n) is 2.68. The maximum absolute atomic E-state index is 9.63. The predicted molar refractivity (Wildman–Crippen MR) is 61.1 cm³/mol. The molecule has 0 spiro atoms. The molecule has 5 nitrogen and oxygen atoms in total. The van der Waals surface area contributed by atoms with Crippen molar-refractivity contribution in [2.24, 2.45) is 0 Å². The van der Waals surface area contributed by atoms with Crippen molar-refractivity contribution < 1.29 is 10.2 Å². The van der Waals surface area contributed by atoms with Gasteiger partial charge in [-0.2, -0.15) is 0 Å². The van der Waals surface area contributed by atoms with E-state index in [2.05, 4.69) is 26.1 Å². The van der Waals surface area contributed by atoms with Crippen LogP contribution in [-0.4, -0.2) is 45.2 Å². The SMILES string of the molecule is CC1(CO)CC(O)CN1c1nnc(Br)s1. The standard InChI is InChI=1S/C8H12BrN3O2S/c1-8(4-13)2-5(14)3-12(8)7-11-10-6(9)15-7/h5,13-14H,2-4H2,1H3. The Balaban J connectivity index is 2.28. The van der Waals surface area contributed by atoms with Crippen LogP contribution < -0.4 is 4.90 Å². The van der Waals surface area contributed by atoms with Crippen molar-refractivity contribution in [3.8, 4) is 0 Å². The van der Waals surface area contributed by atoms with Crippen LogP contribution in [0.15, 0.2) is 3.92 Å². The first-order valence-electron chi connectivity index (χ1n) is 4.61. The first kappa shape index (κ1) is 11.3.